The van der Waals surface area contributed by atoms with Crippen LogP contribution in [0.5, 0.6) is 0 Å². The Morgan fingerprint density at radius 2 is 1.86 bits per heavy atom. The topological polar surface area (TPSA) is 87.5 Å². The fourth-order valence-corrected chi connectivity index (χ4v) is 5.90. The SMILES string of the molecule is Cc1ccc(-c2ccc([C@@H]3[C@@H](c4ccccn4)NC(=S)N3c3ccc(NS(C)(=O)=O)cc3)o2)c(Br)c1. The number of rotatable bonds is 6. The second kappa shape index (κ2) is 9.68. The van der Waals surface area contributed by atoms with Gasteiger partial charge in [0.15, 0.2) is 5.11 Å². The summed E-state index contributed by atoms with van der Waals surface area (Å²) >= 11 is 9.41. The Kier molecular flexibility index (Phi) is 6.59. The zero-order chi connectivity index (χ0) is 25.4. The van der Waals surface area contributed by atoms with Crippen LogP contribution in [0.2, 0.25) is 0 Å². The minimum Gasteiger partial charge on any atom is -0.459 e. The molecule has 0 radical (unpaired) electrons. The Morgan fingerprint density at radius 3 is 2.53 bits per heavy atom. The molecule has 0 unspecified atom stereocenters. The number of furan rings is 1. The summed E-state index contributed by atoms with van der Waals surface area (Å²) < 4.78 is 33.1. The van der Waals surface area contributed by atoms with Crippen molar-refractivity contribution in [2.75, 3.05) is 15.9 Å². The number of hydrogen-bond acceptors (Lipinski definition) is 5. The maximum absolute atomic E-state index is 11.6. The average Bonchev–Trinajstić information content (AvgIpc) is 3.44. The van der Waals surface area contributed by atoms with Crippen LogP contribution in [0.15, 0.2) is 87.9 Å². The number of nitrogens with zero attached hydrogens (tertiary/aromatic N) is 2. The van der Waals surface area contributed by atoms with Gasteiger partial charge >= 0.3 is 0 Å². The van der Waals surface area contributed by atoms with Gasteiger partial charge in [-0.2, -0.15) is 0 Å². The van der Waals surface area contributed by atoms with Gasteiger partial charge in [0.1, 0.15) is 17.6 Å². The van der Waals surface area contributed by atoms with Gasteiger partial charge in [-0.25, -0.2) is 8.42 Å². The van der Waals surface area contributed by atoms with Gasteiger partial charge in [0.2, 0.25) is 10.0 Å². The predicted molar refractivity (Wildman–Crippen MR) is 149 cm³/mol. The Labute approximate surface area is 223 Å². The second-order valence-corrected chi connectivity index (χ2v) is 11.6. The van der Waals surface area contributed by atoms with Crippen LogP contribution in [0.1, 0.15) is 29.1 Å². The molecule has 7 nitrogen and oxygen atoms in total. The van der Waals surface area contributed by atoms with E-state index in [1.54, 1.807) is 18.3 Å². The lowest BCUT2D eigenvalue weighted by Gasteiger charge is -2.26. The first-order valence-electron chi connectivity index (χ1n) is 11.1. The number of hydrogen-bond donors (Lipinski definition) is 2. The number of nitrogens with one attached hydrogen (secondary N) is 2. The third-order valence-corrected chi connectivity index (χ3v) is 7.43. The summed E-state index contributed by atoms with van der Waals surface area (Å²) in [6.07, 6.45) is 2.87. The monoisotopic (exact) mass is 582 g/mol. The van der Waals surface area contributed by atoms with Crippen LogP contribution in [-0.4, -0.2) is 24.8 Å². The maximum Gasteiger partial charge on any atom is 0.229 e. The van der Waals surface area contributed by atoms with Crippen LogP contribution >= 0.6 is 28.1 Å². The molecule has 10 heteroatoms. The third kappa shape index (κ3) is 5.02. The van der Waals surface area contributed by atoms with Crippen LogP contribution in [0.3, 0.4) is 0 Å². The summed E-state index contributed by atoms with van der Waals surface area (Å²) in [7, 11) is -3.38. The molecular formula is C26H23BrN4O3S2. The summed E-state index contributed by atoms with van der Waals surface area (Å²) in [5.41, 5.74) is 4.21. The lowest BCUT2D eigenvalue weighted by atomic mass is 10.0. The lowest BCUT2D eigenvalue weighted by Crippen LogP contribution is -2.29. The molecule has 0 aliphatic carbocycles. The minimum absolute atomic E-state index is 0.257. The number of aryl methyl sites for hydroxylation is 1. The maximum atomic E-state index is 11.6. The van der Waals surface area contributed by atoms with Crippen LogP contribution in [-0.2, 0) is 10.0 Å². The Hall–Kier alpha value is -3.21. The van der Waals surface area contributed by atoms with E-state index in [1.807, 2.05) is 66.4 Å². The van der Waals surface area contributed by atoms with E-state index in [-0.39, 0.29) is 12.1 Å². The molecule has 1 fully saturated rings. The highest BCUT2D eigenvalue weighted by Gasteiger charge is 2.42. The highest BCUT2D eigenvalue weighted by molar-refractivity contribution is 9.10. The van der Waals surface area contributed by atoms with Crippen LogP contribution in [0, 0.1) is 6.92 Å². The first kappa shape index (κ1) is 24.5. The highest BCUT2D eigenvalue weighted by Crippen LogP contribution is 2.43. The van der Waals surface area contributed by atoms with Gasteiger partial charge in [0.05, 0.1) is 18.0 Å². The number of thiocarbonyl (C=S) groups is 1. The summed E-state index contributed by atoms with van der Waals surface area (Å²) in [6, 6.07) is 22.3. The van der Waals surface area contributed by atoms with Crippen molar-refractivity contribution in [3.05, 3.63) is 100 Å². The van der Waals surface area contributed by atoms with Crippen LogP contribution in [0.4, 0.5) is 11.4 Å². The fourth-order valence-electron chi connectivity index (χ4n) is 4.30. The number of aromatic nitrogens is 1. The Bertz CT molecular complexity index is 1520. The first-order chi connectivity index (χ1) is 17.2. The van der Waals surface area contributed by atoms with Gasteiger partial charge in [0.25, 0.3) is 0 Å². The largest absolute Gasteiger partial charge is 0.459 e. The number of sulfonamides is 1. The number of pyridine rings is 1. The zero-order valence-electron chi connectivity index (χ0n) is 19.5. The summed E-state index contributed by atoms with van der Waals surface area (Å²) in [4.78, 5) is 6.55. The number of halogens is 1. The van der Waals surface area contributed by atoms with E-state index in [9.17, 15) is 8.42 Å². The van der Waals surface area contributed by atoms with E-state index >= 15 is 0 Å². The van der Waals surface area contributed by atoms with Crippen molar-refractivity contribution in [3.8, 4) is 11.3 Å². The van der Waals surface area contributed by atoms with E-state index in [0.29, 0.717) is 10.8 Å². The van der Waals surface area contributed by atoms with E-state index in [2.05, 4.69) is 37.0 Å². The molecule has 2 N–H and O–H groups in total. The van der Waals surface area contributed by atoms with Crippen molar-refractivity contribution in [3.63, 3.8) is 0 Å². The quantitative estimate of drug-likeness (QED) is 0.271. The van der Waals surface area contributed by atoms with Crippen molar-refractivity contribution in [2.45, 2.75) is 19.0 Å². The second-order valence-electron chi connectivity index (χ2n) is 8.60. The van der Waals surface area contributed by atoms with Crippen molar-refractivity contribution in [1.29, 1.82) is 0 Å². The molecule has 0 amide bonds. The number of anilines is 2. The molecule has 2 aromatic heterocycles. The molecule has 2 aromatic carbocycles. The lowest BCUT2D eigenvalue weighted by molar-refractivity contribution is 0.439. The molecule has 1 aliphatic rings. The van der Waals surface area contributed by atoms with Gasteiger partial charge in [-0.15, -0.1) is 0 Å². The van der Waals surface area contributed by atoms with Gasteiger partial charge < -0.3 is 14.6 Å². The smallest absolute Gasteiger partial charge is 0.229 e. The summed E-state index contributed by atoms with van der Waals surface area (Å²) in [5, 5.41) is 3.92. The van der Waals surface area contributed by atoms with Crippen LogP contribution in [0.25, 0.3) is 11.3 Å². The van der Waals surface area contributed by atoms with Gasteiger partial charge in [-0.05, 0) is 85.4 Å². The predicted octanol–water partition coefficient (Wildman–Crippen LogP) is 5.96. The van der Waals surface area contributed by atoms with Crippen molar-refractivity contribution >= 4 is 54.7 Å². The van der Waals surface area contributed by atoms with E-state index in [0.717, 1.165) is 44.8 Å². The fraction of sp³-hybridized carbons (Fsp3) is 0.154. The minimum atomic E-state index is -3.38. The highest BCUT2D eigenvalue weighted by atomic mass is 79.9. The van der Waals surface area contributed by atoms with Crippen molar-refractivity contribution in [2.24, 2.45) is 0 Å². The van der Waals surface area contributed by atoms with E-state index in [4.69, 9.17) is 16.6 Å². The summed E-state index contributed by atoms with van der Waals surface area (Å²) in [6.45, 7) is 2.04. The van der Waals surface area contributed by atoms with Crippen molar-refractivity contribution in [1.82, 2.24) is 10.3 Å². The normalized spacial score (nSPS) is 17.8. The average molecular weight is 584 g/mol. The van der Waals surface area contributed by atoms with E-state index in [1.165, 1.54) is 0 Å². The number of benzene rings is 2. The summed E-state index contributed by atoms with van der Waals surface area (Å²) in [5.74, 6) is 1.46. The van der Waals surface area contributed by atoms with Gasteiger partial charge in [-0.3, -0.25) is 9.71 Å². The Balaban J connectivity index is 1.56. The van der Waals surface area contributed by atoms with Gasteiger partial charge in [-0.1, -0.05) is 28.1 Å². The molecule has 1 aliphatic heterocycles. The van der Waals surface area contributed by atoms with Gasteiger partial charge in [0, 0.05) is 27.6 Å². The molecule has 2 atom stereocenters. The molecule has 184 valence electrons. The standard InChI is InChI=1S/C26H23BrN4O3S2/c1-16-6-11-19(20(27)15-16)22-12-13-23(34-22)25-24(21-5-3-4-14-28-21)29-26(35)31(25)18-9-7-17(8-10-18)30-36(2,32)33/h3-15,24-25,30H,1-2H3,(H,29,35)/t24-,25-/m1/s1. The molecule has 36 heavy (non-hydrogen) atoms. The molecule has 0 spiro atoms. The van der Waals surface area contributed by atoms with E-state index < -0.39 is 10.0 Å². The molecule has 1 saturated heterocycles. The van der Waals surface area contributed by atoms with Crippen molar-refractivity contribution < 1.29 is 12.8 Å². The first-order valence-corrected chi connectivity index (χ1v) is 14.2. The zero-order valence-corrected chi connectivity index (χ0v) is 22.7. The molecule has 3 heterocycles. The molecule has 0 saturated carbocycles. The molecular weight excluding hydrogens is 560 g/mol. The molecule has 5 rings (SSSR count). The third-order valence-electron chi connectivity index (χ3n) is 5.86. The molecule has 4 aromatic rings. The van der Waals surface area contributed by atoms with Crippen LogP contribution < -0.4 is 14.9 Å². The Morgan fingerprint density at radius 1 is 1.08 bits per heavy atom. The molecule has 0 bridgehead atoms.